The molecule has 1 heterocycles. The molecule has 1 fully saturated rings. The maximum Gasteiger partial charge on any atom is 0.341 e. The second-order valence-corrected chi connectivity index (χ2v) is 7.82. The zero-order chi connectivity index (χ0) is 15.6. The van der Waals surface area contributed by atoms with E-state index < -0.39 is 15.0 Å². The molecule has 0 bridgehead atoms. The van der Waals surface area contributed by atoms with E-state index in [-0.39, 0.29) is 33.0 Å². The van der Waals surface area contributed by atoms with Crippen molar-refractivity contribution >= 4 is 48.9 Å². The molecule has 0 aromatic heterocycles. The fourth-order valence-electron chi connectivity index (χ4n) is 1.89. The molecular formula is C12H11Cl3O5S. The number of hydrogen-bond donors (Lipinski definition) is 0. The van der Waals surface area contributed by atoms with E-state index in [1.54, 1.807) is 0 Å². The lowest BCUT2D eigenvalue weighted by Crippen LogP contribution is -2.15. The van der Waals surface area contributed by atoms with Crippen molar-refractivity contribution in [2.24, 2.45) is 5.92 Å². The molecule has 0 N–H and O–H groups in total. The first-order chi connectivity index (χ1) is 9.80. The van der Waals surface area contributed by atoms with Crippen molar-refractivity contribution in [2.75, 3.05) is 19.8 Å². The SMILES string of the molecule is O=C(OCC1CCOC1)c1c(Cl)ccc(S(=O)(=O)Cl)c1Cl. The normalized spacial score (nSPS) is 18.7. The highest BCUT2D eigenvalue weighted by atomic mass is 35.7. The zero-order valence-electron chi connectivity index (χ0n) is 10.6. The van der Waals surface area contributed by atoms with Gasteiger partial charge in [-0.1, -0.05) is 23.2 Å². The molecule has 21 heavy (non-hydrogen) atoms. The third kappa shape index (κ3) is 4.02. The van der Waals surface area contributed by atoms with Crippen LogP contribution in [0, 0.1) is 5.92 Å². The number of ether oxygens (including phenoxy) is 2. The number of carbonyl (C=O) groups is 1. The lowest BCUT2D eigenvalue weighted by molar-refractivity contribution is 0.0428. The van der Waals surface area contributed by atoms with Gasteiger partial charge in [-0.25, -0.2) is 13.2 Å². The average molecular weight is 374 g/mol. The fraction of sp³-hybridized carbons (Fsp3) is 0.417. The summed E-state index contributed by atoms with van der Waals surface area (Å²) in [4.78, 5) is 11.7. The van der Waals surface area contributed by atoms with Gasteiger partial charge >= 0.3 is 5.97 Å². The topological polar surface area (TPSA) is 69.7 Å². The summed E-state index contributed by atoms with van der Waals surface area (Å²) in [6.07, 6.45) is 0.796. The van der Waals surface area contributed by atoms with E-state index in [1.807, 2.05) is 0 Å². The molecular weight excluding hydrogens is 363 g/mol. The zero-order valence-corrected chi connectivity index (χ0v) is 13.7. The Bertz CT molecular complexity index is 653. The summed E-state index contributed by atoms with van der Waals surface area (Å²) >= 11 is 11.8. The Balaban J connectivity index is 2.23. The monoisotopic (exact) mass is 372 g/mol. The molecule has 1 aliphatic rings. The maximum absolute atomic E-state index is 12.1. The van der Waals surface area contributed by atoms with Gasteiger partial charge in [0.05, 0.1) is 28.8 Å². The van der Waals surface area contributed by atoms with Gasteiger partial charge in [0.15, 0.2) is 0 Å². The minimum Gasteiger partial charge on any atom is -0.462 e. The first-order valence-electron chi connectivity index (χ1n) is 5.98. The van der Waals surface area contributed by atoms with Crippen molar-refractivity contribution < 1.29 is 22.7 Å². The molecule has 1 aromatic carbocycles. The van der Waals surface area contributed by atoms with Gasteiger partial charge in [0, 0.05) is 23.2 Å². The molecule has 116 valence electrons. The Labute approximate surface area is 136 Å². The minimum atomic E-state index is -4.08. The maximum atomic E-state index is 12.1. The Morgan fingerprint density at radius 1 is 1.38 bits per heavy atom. The van der Waals surface area contributed by atoms with Crippen LogP contribution < -0.4 is 0 Å². The Kier molecular flexibility index (Phi) is 5.38. The summed E-state index contributed by atoms with van der Waals surface area (Å²) in [6.45, 7) is 1.30. The molecule has 1 atom stereocenters. The van der Waals surface area contributed by atoms with Crippen molar-refractivity contribution in [2.45, 2.75) is 11.3 Å². The van der Waals surface area contributed by atoms with Gasteiger partial charge in [-0.05, 0) is 18.6 Å². The van der Waals surface area contributed by atoms with Crippen LogP contribution in [0.5, 0.6) is 0 Å². The average Bonchev–Trinajstić information content (AvgIpc) is 2.87. The molecule has 0 aliphatic carbocycles. The number of benzene rings is 1. The summed E-state index contributed by atoms with van der Waals surface area (Å²) in [5.74, 6) is -0.675. The van der Waals surface area contributed by atoms with Gasteiger partial charge in [0.1, 0.15) is 4.90 Å². The van der Waals surface area contributed by atoms with Crippen LogP contribution >= 0.6 is 33.9 Å². The third-order valence-electron chi connectivity index (χ3n) is 3.00. The van der Waals surface area contributed by atoms with Gasteiger partial charge in [0.25, 0.3) is 9.05 Å². The van der Waals surface area contributed by atoms with E-state index in [0.29, 0.717) is 13.2 Å². The molecule has 1 unspecified atom stereocenters. The standard InChI is InChI=1S/C12H11Cl3O5S/c13-8-1-2-9(21(15,17)18)11(14)10(8)12(16)20-6-7-3-4-19-5-7/h1-2,7H,3-6H2. The Morgan fingerprint density at radius 2 is 2.10 bits per heavy atom. The van der Waals surface area contributed by atoms with Crippen molar-refractivity contribution in [3.8, 4) is 0 Å². The van der Waals surface area contributed by atoms with Gasteiger partial charge in [-0.3, -0.25) is 0 Å². The lowest BCUT2D eigenvalue weighted by atomic mass is 10.1. The number of esters is 1. The number of carbonyl (C=O) groups excluding carboxylic acids is 1. The van der Waals surface area contributed by atoms with Crippen molar-refractivity contribution in [1.82, 2.24) is 0 Å². The lowest BCUT2D eigenvalue weighted by Gasteiger charge is -2.12. The smallest absolute Gasteiger partial charge is 0.341 e. The van der Waals surface area contributed by atoms with E-state index in [1.165, 1.54) is 6.07 Å². The predicted octanol–water partition coefficient (Wildman–Crippen LogP) is 3.11. The second kappa shape index (κ2) is 6.71. The number of halogens is 3. The summed E-state index contributed by atoms with van der Waals surface area (Å²) in [7, 11) is 1.17. The molecule has 1 aliphatic heterocycles. The van der Waals surface area contributed by atoms with Crippen LogP contribution in [-0.2, 0) is 18.5 Å². The Morgan fingerprint density at radius 3 is 2.67 bits per heavy atom. The van der Waals surface area contributed by atoms with E-state index >= 15 is 0 Å². The highest BCUT2D eigenvalue weighted by molar-refractivity contribution is 8.13. The molecule has 0 saturated carbocycles. The van der Waals surface area contributed by atoms with Crippen LogP contribution in [0.25, 0.3) is 0 Å². The van der Waals surface area contributed by atoms with Crippen LogP contribution in [0.1, 0.15) is 16.8 Å². The quantitative estimate of drug-likeness (QED) is 0.599. The number of rotatable bonds is 4. The molecule has 0 radical (unpaired) electrons. The number of hydrogen-bond acceptors (Lipinski definition) is 5. The summed E-state index contributed by atoms with van der Waals surface area (Å²) < 4.78 is 33.0. The van der Waals surface area contributed by atoms with Gasteiger partial charge in [0.2, 0.25) is 0 Å². The molecule has 1 aromatic rings. The van der Waals surface area contributed by atoms with Crippen LogP contribution in [0.4, 0.5) is 0 Å². The first-order valence-corrected chi connectivity index (χ1v) is 9.04. The van der Waals surface area contributed by atoms with E-state index in [9.17, 15) is 13.2 Å². The molecule has 5 nitrogen and oxygen atoms in total. The largest absolute Gasteiger partial charge is 0.462 e. The van der Waals surface area contributed by atoms with Crippen molar-refractivity contribution in [1.29, 1.82) is 0 Å². The van der Waals surface area contributed by atoms with E-state index in [2.05, 4.69) is 0 Å². The van der Waals surface area contributed by atoms with E-state index in [4.69, 9.17) is 43.4 Å². The van der Waals surface area contributed by atoms with Crippen molar-refractivity contribution in [3.05, 3.63) is 27.7 Å². The highest BCUT2D eigenvalue weighted by Crippen LogP contribution is 2.33. The van der Waals surface area contributed by atoms with Gasteiger partial charge in [-0.2, -0.15) is 0 Å². The summed E-state index contributed by atoms with van der Waals surface area (Å²) in [5, 5.41) is -0.345. The first kappa shape index (κ1) is 16.8. The fourth-order valence-corrected chi connectivity index (χ4v) is 3.77. The van der Waals surface area contributed by atoms with Crippen LogP contribution in [0.3, 0.4) is 0 Å². The third-order valence-corrected chi connectivity index (χ3v) is 5.18. The van der Waals surface area contributed by atoms with E-state index in [0.717, 1.165) is 12.5 Å². The van der Waals surface area contributed by atoms with Crippen LogP contribution in [0.2, 0.25) is 10.0 Å². The summed E-state index contributed by atoms with van der Waals surface area (Å²) in [5.41, 5.74) is -0.209. The molecule has 1 saturated heterocycles. The van der Waals surface area contributed by atoms with Gasteiger partial charge < -0.3 is 9.47 Å². The highest BCUT2D eigenvalue weighted by Gasteiger charge is 2.26. The van der Waals surface area contributed by atoms with Crippen LogP contribution in [-0.4, -0.2) is 34.2 Å². The van der Waals surface area contributed by atoms with Gasteiger partial charge in [-0.15, -0.1) is 0 Å². The second-order valence-electron chi connectivity index (χ2n) is 4.50. The minimum absolute atomic E-state index is 0.00302. The van der Waals surface area contributed by atoms with Crippen LogP contribution in [0.15, 0.2) is 17.0 Å². The molecule has 2 rings (SSSR count). The summed E-state index contributed by atoms with van der Waals surface area (Å²) in [6, 6.07) is 2.37. The van der Waals surface area contributed by atoms with Crippen molar-refractivity contribution in [3.63, 3.8) is 0 Å². The predicted molar refractivity (Wildman–Crippen MR) is 78.7 cm³/mol. The molecule has 0 spiro atoms. The molecule has 0 amide bonds. The Hall–Kier alpha value is -0.530. The molecule has 9 heteroatoms.